The first-order chi connectivity index (χ1) is 10.1. The van der Waals surface area contributed by atoms with Gasteiger partial charge in [-0.1, -0.05) is 13.8 Å². The van der Waals surface area contributed by atoms with Gasteiger partial charge in [0.1, 0.15) is 0 Å². The summed E-state index contributed by atoms with van der Waals surface area (Å²) in [5, 5.41) is 9.66. The largest absolute Gasteiger partial charge is 0.383 e. The molecule has 0 unspecified atom stereocenters. The van der Waals surface area contributed by atoms with Crippen LogP contribution in [0, 0.1) is 5.92 Å². The van der Waals surface area contributed by atoms with Gasteiger partial charge in [0.15, 0.2) is 5.82 Å². The quantitative estimate of drug-likeness (QED) is 0.645. The molecule has 1 aromatic heterocycles. The summed E-state index contributed by atoms with van der Waals surface area (Å²) in [7, 11) is 1.64. The Balaban J connectivity index is 2.11. The Labute approximate surface area is 126 Å². The Morgan fingerprint density at radius 3 is 2.95 bits per heavy atom. The van der Waals surface area contributed by atoms with E-state index in [1.165, 1.54) is 0 Å². The third kappa shape index (κ3) is 8.31. The standard InChI is InChI=1S/C14H26N4O3/c1-12(2)11-21-9-4-6-15-14(19)16-13-5-7-18(17-13)8-10-20-3/h5,7,12H,4,6,8-11H2,1-3H3,(H2,15,16,17,19). The van der Waals surface area contributed by atoms with E-state index in [0.717, 1.165) is 13.0 Å². The van der Waals surface area contributed by atoms with Crippen LogP contribution in [0.2, 0.25) is 0 Å². The minimum Gasteiger partial charge on any atom is -0.383 e. The molecule has 21 heavy (non-hydrogen) atoms. The van der Waals surface area contributed by atoms with Gasteiger partial charge in [0, 0.05) is 39.1 Å². The first-order valence-corrected chi connectivity index (χ1v) is 7.26. The zero-order valence-corrected chi connectivity index (χ0v) is 13.1. The van der Waals surface area contributed by atoms with Crippen molar-refractivity contribution in [1.29, 1.82) is 0 Å². The summed E-state index contributed by atoms with van der Waals surface area (Å²) in [6.07, 6.45) is 2.59. The molecule has 0 spiro atoms. The van der Waals surface area contributed by atoms with Gasteiger partial charge < -0.3 is 14.8 Å². The molecule has 0 fully saturated rings. The van der Waals surface area contributed by atoms with Crippen LogP contribution in [0.15, 0.2) is 12.3 Å². The molecule has 2 N–H and O–H groups in total. The van der Waals surface area contributed by atoms with Gasteiger partial charge in [-0.15, -0.1) is 0 Å². The van der Waals surface area contributed by atoms with E-state index in [1.54, 1.807) is 24.1 Å². The molecule has 1 aromatic rings. The van der Waals surface area contributed by atoms with E-state index in [2.05, 4.69) is 29.6 Å². The Hall–Kier alpha value is -1.60. The van der Waals surface area contributed by atoms with Crippen LogP contribution in [-0.2, 0) is 16.0 Å². The molecule has 0 bridgehead atoms. The number of methoxy groups -OCH3 is 1. The molecule has 2 amide bonds. The minimum absolute atomic E-state index is 0.254. The van der Waals surface area contributed by atoms with Crippen molar-refractivity contribution in [2.24, 2.45) is 5.92 Å². The number of nitrogens with one attached hydrogen (secondary N) is 2. The summed E-state index contributed by atoms with van der Waals surface area (Å²) in [4.78, 5) is 11.6. The smallest absolute Gasteiger partial charge is 0.320 e. The predicted octanol–water partition coefficient (Wildman–Crippen LogP) is 1.71. The number of anilines is 1. The Kier molecular flexibility index (Phi) is 8.45. The van der Waals surface area contributed by atoms with Gasteiger partial charge in [-0.05, 0) is 12.3 Å². The van der Waals surface area contributed by atoms with Crippen molar-refractivity contribution in [3.63, 3.8) is 0 Å². The number of nitrogens with zero attached hydrogens (tertiary/aromatic N) is 2. The van der Waals surface area contributed by atoms with Crippen LogP contribution in [0.4, 0.5) is 10.6 Å². The third-order valence-electron chi connectivity index (χ3n) is 2.61. The first-order valence-electron chi connectivity index (χ1n) is 7.26. The van der Waals surface area contributed by atoms with Crippen molar-refractivity contribution in [3.8, 4) is 0 Å². The molecule has 0 aliphatic heterocycles. The van der Waals surface area contributed by atoms with Crippen LogP contribution in [0.1, 0.15) is 20.3 Å². The normalized spacial score (nSPS) is 10.9. The molecule has 1 heterocycles. The fourth-order valence-electron chi connectivity index (χ4n) is 1.59. The lowest BCUT2D eigenvalue weighted by atomic mass is 10.2. The molecule has 0 aromatic carbocycles. The van der Waals surface area contributed by atoms with Gasteiger partial charge in [-0.2, -0.15) is 5.10 Å². The van der Waals surface area contributed by atoms with Crippen LogP contribution >= 0.6 is 0 Å². The number of rotatable bonds is 10. The highest BCUT2D eigenvalue weighted by Crippen LogP contribution is 2.01. The Morgan fingerprint density at radius 1 is 1.43 bits per heavy atom. The zero-order chi connectivity index (χ0) is 15.5. The van der Waals surface area contributed by atoms with Crippen molar-refractivity contribution in [1.82, 2.24) is 15.1 Å². The van der Waals surface area contributed by atoms with Gasteiger partial charge >= 0.3 is 6.03 Å². The fraction of sp³-hybridized carbons (Fsp3) is 0.714. The number of hydrogen-bond donors (Lipinski definition) is 2. The topological polar surface area (TPSA) is 77.4 Å². The second-order valence-electron chi connectivity index (χ2n) is 5.16. The van der Waals surface area contributed by atoms with E-state index in [0.29, 0.717) is 38.0 Å². The van der Waals surface area contributed by atoms with Gasteiger partial charge in [0.25, 0.3) is 0 Å². The maximum Gasteiger partial charge on any atom is 0.320 e. The third-order valence-corrected chi connectivity index (χ3v) is 2.61. The second-order valence-corrected chi connectivity index (χ2v) is 5.16. The highest BCUT2D eigenvalue weighted by atomic mass is 16.5. The SMILES string of the molecule is COCCn1ccc(NC(=O)NCCCOCC(C)C)n1. The maximum absolute atomic E-state index is 11.6. The van der Waals surface area contributed by atoms with E-state index < -0.39 is 0 Å². The number of aromatic nitrogens is 2. The molecular weight excluding hydrogens is 272 g/mol. The Morgan fingerprint density at radius 2 is 2.24 bits per heavy atom. The van der Waals surface area contributed by atoms with E-state index in [9.17, 15) is 4.79 Å². The van der Waals surface area contributed by atoms with Crippen LogP contribution < -0.4 is 10.6 Å². The summed E-state index contributed by atoms with van der Waals surface area (Å²) in [5.41, 5.74) is 0. The van der Waals surface area contributed by atoms with E-state index in [1.807, 2.05) is 0 Å². The van der Waals surface area contributed by atoms with Gasteiger partial charge in [0.2, 0.25) is 0 Å². The van der Waals surface area contributed by atoms with E-state index in [-0.39, 0.29) is 6.03 Å². The summed E-state index contributed by atoms with van der Waals surface area (Å²) < 4.78 is 12.1. The highest BCUT2D eigenvalue weighted by molar-refractivity contribution is 5.88. The van der Waals surface area contributed by atoms with E-state index in [4.69, 9.17) is 9.47 Å². The van der Waals surface area contributed by atoms with Crippen molar-refractivity contribution < 1.29 is 14.3 Å². The summed E-state index contributed by atoms with van der Waals surface area (Å²) >= 11 is 0. The molecule has 0 saturated carbocycles. The fourth-order valence-corrected chi connectivity index (χ4v) is 1.59. The molecule has 1 rings (SSSR count). The molecule has 0 aliphatic carbocycles. The second kappa shape index (κ2) is 10.2. The van der Waals surface area contributed by atoms with Crippen LogP contribution in [0.3, 0.4) is 0 Å². The zero-order valence-electron chi connectivity index (χ0n) is 13.1. The first kappa shape index (κ1) is 17.5. The predicted molar refractivity (Wildman–Crippen MR) is 81.4 cm³/mol. The molecule has 0 atom stereocenters. The van der Waals surface area contributed by atoms with Gasteiger partial charge in [0.05, 0.1) is 13.2 Å². The maximum atomic E-state index is 11.6. The van der Waals surface area contributed by atoms with Crippen molar-refractivity contribution in [3.05, 3.63) is 12.3 Å². The summed E-state index contributed by atoms with van der Waals surface area (Å²) in [6.45, 7) is 7.45. The molecule has 7 heteroatoms. The molecule has 0 radical (unpaired) electrons. The minimum atomic E-state index is -0.254. The average molecular weight is 298 g/mol. The molecular formula is C14H26N4O3. The number of hydrogen-bond acceptors (Lipinski definition) is 4. The molecule has 0 saturated heterocycles. The van der Waals surface area contributed by atoms with E-state index >= 15 is 0 Å². The van der Waals surface area contributed by atoms with Crippen LogP contribution in [-0.4, -0.2) is 49.3 Å². The van der Waals surface area contributed by atoms with Gasteiger partial charge in [-0.25, -0.2) is 4.79 Å². The lowest BCUT2D eigenvalue weighted by molar-refractivity contribution is 0.108. The van der Waals surface area contributed by atoms with Crippen molar-refractivity contribution in [2.45, 2.75) is 26.8 Å². The monoisotopic (exact) mass is 298 g/mol. The molecule has 0 aliphatic rings. The number of ether oxygens (including phenoxy) is 2. The van der Waals surface area contributed by atoms with Crippen molar-refractivity contribution >= 4 is 11.8 Å². The van der Waals surface area contributed by atoms with Crippen LogP contribution in [0.5, 0.6) is 0 Å². The number of amides is 2. The molecule has 120 valence electrons. The lowest BCUT2D eigenvalue weighted by Crippen LogP contribution is -2.30. The van der Waals surface area contributed by atoms with Crippen LogP contribution in [0.25, 0.3) is 0 Å². The number of carbonyl (C=O) groups is 1. The number of urea groups is 1. The number of carbonyl (C=O) groups excluding carboxylic acids is 1. The molecule has 7 nitrogen and oxygen atoms in total. The Bertz CT molecular complexity index is 407. The lowest BCUT2D eigenvalue weighted by Gasteiger charge is -2.08. The summed E-state index contributed by atoms with van der Waals surface area (Å²) in [6, 6.07) is 1.50. The highest BCUT2D eigenvalue weighted by Gasteiger charge is 2.04. The average Bonchev–Trinajstić information content (AvgIpc) is 2.87. The summed E-state index contributed by atoms with van der Waals surface area (Å²) in [5.74, 6) is 1.06. The van der Waals surface area contributed by atoms with Crippen molar-refractivity contribution in [2.75, 3.05) is 38.8 Å². The van der Waals surface area contributed by atoms with Gasteiger partial charge in [-0.3, -0.25) is 10.00 Å².